The number of aliphatic hydroxyl groups is 1. The molecule has 0 amide bonds. The molecular weight excluding hydrogens is 162 g/mol. The van der Waals surface area contributed by atoms with E-state index in [1.165, 1.54) is 32.2 Å². The van der Waals surface area contributed by atoms with Gasteiger partial charge < -0.3 is 10.0 Å². The second-order valence-corrected chi connectivity index (χ2v) is 4.86. The summed E-state index contributed by atoms with van der Waals surface area (Å²) in [6.07, 6.45) is 7.49. The van der Waals surface area contributed by atoms with Crippen LogP contribution in [0, 0.1) is 5.92 Å². The van der Waals surface area contributed by atoms with Crippen molar-refractivity contribution in [2.24, 2.45) is 5.92 Å². The molecule has 2 nitrogen and oxygen atoms in total. The largest absolute Gasteiger partial charge is 0.393 e. The Morgan fingerprint density at radius 1 is 1.23 bits per heavy atom. The molecule has 0 heterocycles. The van der Waals surface area contributed by atoms with E-state index in [2.05, 4.69) is 11.9 Å². The van der Waals surface area contributed by atoms with Gasteiger partial charge in [-0.1, -0.05) is 6.42 Å². The van der Waals surface area contributed by atoms with Gasteiger partial charge in [-0.15, -0.1) is 0 Å². The molecule has 0 aromatic rings. The van der Waals surface area contributed by atoms with Crippen LogP contribution >= 0.6 is 0 Å². The fourth-order valence-corrected chi connectivity index (χ4v) is 2.57. The molecule has 2 aliphatic rings. The van der Waals surface area contributed by atoms with Crippen molar-refractivity contribution >= 4 is 0 Å². The molecule has 2 unspecified atom stereocenters. The molecule has 0 aromatic carbocycles. The van der Waals surface area contributed by atoms with E-state index in [1.54, 1.807) is 0 Å². The van der Waals surface area contributed by atoms with Crippen LogP contribution in [0.15, 0.2) is 0 Å². The molecule has 2 fully saturated rings. The van der Waals surface area contributed by atoms with Gasteiger partial charge in [0.1, 0.15) is 0 Å². The first-order valence-corrected chi connectivity index (χ1v) is 5.64. The summed E-state index contributed by atoms with van der Waals surface area (Å²) in [7, 11) is 2.22. The lowest BCUT2D eigenvalue weighted by Crippen LogP contribution is -2.36. The molecule has 0 saturated heterocycles. The van der Waals surface area contributed by atoms with E-state index in [-0.39, 0.29) is 6.10 Å². The smallest absolute Gasteiger partial charge is 0.0555 e. The highest BCUT2D eigenvalue weighted by molar-refractivity contribution is 4.83. The zero-order chi connectivity index (χ0) is 9.26. The van der Waals surface area contributed by atoms with Crippen LogP contribution in [-0.2, 0) is 0 Å². The first-order chi connectivity index (χ1) is 6.25. The Hall–Kier alpha value is -0.0800. The van der Waals surface area contributed by atoms with Crippen molar-refractivity contribution in [2.75, 3.05) is 13.6 Å². The predicted octanol–water partition coefficient (Wildman–Crippen LogP) is 1.63. The van der Waals surface area contributed by atoms with Crippen molar-refractivity contribution in [3.05, 3.63) is 0 Å². The Labute approximate surface area is 80.9 Å². The van der Waals surface area contributed by atoms with E-state index in [9.17, 15) is 5.11 Å². The molecule has 2 heteroatoms. The third-order valence-electron chi connectivity index (χ3n) is 3.77. The highest BCUT2D eigenvalue weighted by atomic mass is 16.3. The third-order valence-corrected chi connectivity index (χ3v) is 3.77. The summed E-state index contributed by atoms with van der Waals surface area (Å²) < 4.78 is 0. The van der Waals surface area contributed by atoms with Crippen LogP contribution < -0.4 is 0 Å². The fraction of sp³-hybridized carbons (Fsp3) is 1.00. The minimum Gasteiger partial charge on any atom is -0.393 e. The van der Waals surface area contributed by atoms with Gasteiger partial charge in [-0.3, -0.25) is 0 Å². The molecule has 0 radical (unpaired) electrons. The lowest BCUT2D eigenvalue weighted by molar-refractivity contribution is 0.139. The molecule has 2 saturated carbocycles. The zero-order valence-corrected chi connectivity index (χ0v) is 8.58. The molecule has 2 rings (SSSR count). The van der Waals surface area contributed by atoms with E-state index in [1.807, 2.05) is 0 Å². The Morgan fingerprint density at radius 2 is 2.00 bits per heavy atom. The number of hydrogen-bond acceptors (Lipinski definition) is 2. The summed E-state index contributed by atoms with van der Waals surface area (Å²) in [5.41, 5.74) is 0. The Morgan fingerprint density at radius 3 is 2.46 bits per heavy atom. The van der Waals surface area contributed by atoms with E-state index in [0.29, 0.717) is 6.04 Å². The molecule has 13 heavy (non-hydrogen) atoms. The summed E-state index contributed by atoms with van der Waals surface area (Å²) in [4.78, 5) is 2.47. The molecule has 2 atom stereocenters. The molecular formula is C11H21NO. The minimum atomic E-state index is -0.0196. The summed E-state index contributed by atoms with van der Waals surface area (Å²) in [6.45, 7) is 1.26. The van der Waals surface area contributed by atoms with Crippen LogP contribution in [0.25, 0.3) is 0 Å². The van der Waals surface area contributed by atoms with Crippen molar-refractivity contribution in [1.29, 1.82) is 0 Å². The third kappa shape index (κ3) is 2.23. The van der Waals surface area contributed by atoms with Gasteiger partial charge in [0, 0.05) is 12.6 Å². The molecule has 0 aliphatic heterocycles. The van der Waals surface area contributed by atoms with Gasteiger partial charge in [-0.2, -0.15) is 0 Å². The summed E-state index contributed by atoms with van der Waals surface area (Å²) >= 11 is 0. The van der Waals surface area contributed by atoms with Crippen LogP contribution in [0.4, 0.5) is 0 Å². The Balaban J connectivity index is 1.72. The highest BCUT2D eigenvalue weighted by Gasteiger charge is 2.28. The van der Waals surface area contributed by atoms with Crippen molar-refractivity contribution in [3.8, 4) is 0 Å². The lowest BCUT2D eigenvalue weighted by Gasteiger charge is -2.33. The summed E-state index contributed by atoms with van der Waals surface area (Å²) in [5.74, 6) is 0.961. The van der Waals surface area contributed by atoms with Gasteiger partial charge in [-0.05, 0) is 45.1 Å². The Bertz CT molecular complexity index is 167. The van der Waals surface area contributed by atoms with Crippen molar-refractivity contribution < 1.29 is 5.11 Å². The molecule has 2 aliphatic carbocycles. The maximum Gasteiger partial charge on any atom is 0.0555 e. The van der Waals surface area contributed by atoms with E-state index >= 15 is 0 Å². The monoisotopic (exact) mass is 183 g/mol. The summed E-state index contributed by atoms with van der Waals surface area (Å²) in [5, 5.41) is 9.43. The van der Waals surface area contributed by atoms with Gasteiger partial charge in [0.2, 0.25) is 0 Å². The second-order valence-electron chi connectivity index (χ2n) is 4.86. The Kier molecular flexibility index (Phi) is 2.89. The van der Waals surface area contributed by atoms with E-state index in [0.717, 1.165) is 18.8 Å². The fourth-order valence-electron chi connectivity index (χ4n) is 2.57. The van der Waals surface area contributed by atoms with Gasteiger partial charge in [0.05, 0.1) is 6.10 Å². The number of rotatable bonds is 3. The maximum atomic E-state index is 9.43. The van der Waals surface area contributed by atoms with Gasteiger partial charge >= 0.3 is 0 Å². The SMILES string of the molecule is CN(CC1CCC1)C1CCC(O)C1. The highest BCUT2D eigenvalue weighted by Crippen LogP contribution is 2.30. The normalized spacial score (nSPS) is 35.3. The van der Waals surface area contributed by atoms with Crippen LogP contribution in [-0.4, -0.2) is 35.7 Å². The topological polar surface area (TPSA) is 23.5 Å². The van der Waals surface area contributed by atoms with Crippen molar-refractivity contribution in [2.45, 2.75) is 50.7 Å². The molecule has 0 bridgehead atoms. The van der Waals surface area contributed by atoms with E-state index < -0.39 is 0 Å². The molecule has 0 spiro atoms. The van der Waals surface area contributed by atoms with Crippen molar-refractivity contribution in [1.82, 2.24) is 4.90 Å². The first kappa shape index (κ1) is 9.47. The zero-order valence-electron chi connectivity index (χ0n) is 8.58. The molecule has 76 valence electrons. The lowest BCUT2D eigenvalue weighted by atomic mass is 9.85. The number of aliphatic hydroxyl groups excluding tert-OH is 1. The standard InChI is InChI=1S/C11H21NO/c1-12(8-9-3-2-4-9)10-5-6-11(13)7-10/h9-11,13H,2-8H2,1H3. The van der Waals surface area contributed by atoms with Crippen LogP contribution in [0.1, 0.15) is 38.5 Å². The van der Waals surface area contributed by atoms with Crippen LogP contribution in [0.2, 0.25) is 0 Å². The average Bonchev–Trinajstić information content (AvgIpc) is 2.44. The van der Waals surface area contributed by atoms with Gasteiger partial charge in [-0.25, -0.2) is 0 Å². The molecule has 0 aromatic heterocycles. The maximum absolute atomic E-state index is 9.43. The van der Waals surface area contributed by atoms with Crippen LogP contribution in [0.5, 0.6) is 0 Å². The molecule has 1 N–H and O–H groups in total. The minimum absolute atomic E-state index is 0.0196. The summed E-state index contributed by atoms with van der Waals surface area (Å²) in [6, 6.07) is 0.663. The van der Waals surface area contributed by atoms with Gasteiger partial charge in [0.15, 0.2) is 0 Å². The van der Waals surface area contributed by atoms with Crippen molar-refractivity contribution in [3.63, 3.8) is 0 Å². The quantitative estimate of drug-likeness (QED) is 0.719. The first-order valence-electron chi connectivity index (χ1n) is 5.64. The van der Waals surface area contributed by atoms with E-state index in [4.69, 9.17) is 0 Å². The van der Waals surface area contributed by atoms with Crippen LogP contribution in [0.3, 0.4) is 0 Å². The number of nitrogens with zero attached hydrogens (tertiary/aromatic N) is 1. The number of hydrogen-bond donors (Lipinski definition) is 1. The average molecular weight is 183 g/mol. The second kappa shape index (κ2) is 3.97. The van der Waals surface area contributed by atoms with Gasteiger partial charge in [0.25, 0.3) is 0 Å². The predicted molar refractivity (Wildman–Crippen MR) is 53.6 cm³/mol.